The van der Waals surface area contributed by atoms with E-state index in [1.807, 2.05) is 11.0 Å². The number of hydrogen-bond donors (Lipinski definition) is 2. The molecule has 6 heteroatoms. The number of nitrogens with one attached hydrogen (secondary N) is 2. The summed E-state index contributed by atoms with van der Waals surface area (Å²) >= 11 is 0. The molecule has 2 rings (SSSR count). The van der Waals surface area contributed by atoms with E-state index in [4.69, 9.17) is 0 Å². The molecule has 0 spiro atoms. The fourth-order valence-electron chi connectivity index (χ4n) is 2.05. The van der Waals surface area contributed by atoms with Crippen LogP contribution in [0.4, 0.5) is 11.6 Å². The maximum absolute atomic E-state index is 11.9. The Balaban J connectivity index is 1.83. The maximum atomic E-state index is 11.9. The molecule has 0 aliphatic carbocycles. The van der Waals surface area contributed by atoms with Gasteiger partial charge in [-0.1, -0.05) is 6.92 Å². The van der Waals surface area contributed by atoms with Crippen LogP contribution in [0.15, 0.2) is 12.4 Å². The van der Waals surface area contributed by atoms with Crippen molar-refractivity contribution in [1.29, 1.82) is 0 Å². The van der Waals surface area contributed by atoms with Crippen LogP contribution in [-0.4, -0.2) is 47.0 Å². The van der Waals surface area contributed by atoms with E-state index in [-0.39, 0.29) is 5.91 Å². The minimum Gasteiger partial charge on any atom is -0.370 e. The van der Waals surface area contributed by atoms with Crippen molar-refractivity contribution in [3.8, 4) is 0 Å². The molecule has 0 bridgehead atoms. The number of rotatable bonds is 6. The van der Waals surface area contributed by atoms with Crippen molar-refractivity contribution in [3.05, 3.63) is 12.4 Å². The van der Waals surface area contributed by atoms with Gasteiger partial charge < -0.3 is 15.5 Å². The van der Waals surface area contributed by atoms with E-state index in [1.165, 1.54) is 6.33 Å². The predicted octanol–water partition coefficient (Wildman–Crippen LogP) is 1.33. The van der Waals surface area contributed by atoms with Crippen molar-refractivity contribution in [2.75, 3.05) is 36.8 Å². The Morgan fingerprint density at radius 2 is 1.95 bits per heavy atom. The van der Waals surface area contributed by atoms with E-state index < -0.39 is 0 Å². The van der Waals surface area contributed by atoms with Gasteiger partial charge in [-0.3, -0.25) is 4.79 Å². The van der Waals surface area contributed by atoms with Gasteiger partial charge in [0.05, 0.1) is 6.54 Å². The van der Waals surface area contributed by atoms with Crippen molar-refractivity contribution in [1.82, 2.24) is 14.9 Å². The molecule has 1 aliphatic rings. The Kier molecular flexibility index (Phi) is 4.94. The molecule has 0 unspecified atom stereocenters. The first-order valence-corrected chi connectivity index (χ1v) is 6.87. The normalized spacial score (nSPS) is 14.5. The van der Waals surface area contributed by atoms with E-state index in [0.29, 0.717) is 12.4 Å². The Bertz CT molecular complexity index is 417. The SMILES string of the molecule is CCCNc1cc(NCC(=O)N2CCCC2)ncn1. The number of likely N-dealkylation sites (tertiary alicyclic amines) is 1. The number of amides is 1. The summed E-state index contributed by atoms with van der Waals surface area (Å²) in [6, 6.07) is 1.83. The van der Waals surface area contributed by atoms with Crippen molar-refractivity contribution >= 4 is 17.5 Å². The van der Waals surface area contributed by atoms with Crippen LogP contribution in [0.3, 0.4) is 0 Å². The van der Waals surface area contributed by atoms with Crippen LogP contribution in [0, 0.1) is 0 Å². The Morgan fingerprint density at radius 1 is 1.26 bits per heavy atom. The van der Waals surface area contributed by atoms with Gasteiger partial charge >= 0.3 is 0 Å². The fourth-order valence-corrected chi connectivity index (χ4v) is 2.05. The molecule has 1 amide bonds. The smallest absolute Gasteiger partial charge is 0.241 e. The molecule has 2 N–H and O–H groups in total. The topological polar surface area (TPSA) is 70.2 Å². The zero-order valence-corrected chi connectivity index (χ0v) is 11.4. The first kappa shape index (κ1) is 13.6. The molecule has 0 atom stereocenters. The molecular weight excluding hydrogens is 242 g/mol. The van der Waals surface area contributed by atoms with E-state index >= 15 is 0 Å². The van der Waals surface area contributed by atoms with Crippen molar-refractivity contribution < 1.29 is 4.79 Å². The van der Waals surface area contributed by atoms with Gasteiger partial charge in [0.1, 0.15) is 18.0 Å². The number of carbonyl (C=O) groups excluding carboxylic acids is 1. The third kappa shape index (κ3) is 4.08. The minimum absolute atomic E-state index is 0.138. The Hall–Kier alpha value is -1.85. The molecule has 6 nitrogen and oxygen atoms in total. The van der Waals surface area contributed by atoms with Gasteiger partial charge in [-0.25, -0.2) is 9.97 Å². The number of aromatic nitrogens is 2. The van der Waals surface area contributed by atoms with Gasteiger partial charge in [0.15, 0.2) is 0 Å². The van der Waals surface area contributed by atoms with Crippen molar-refractivity contribution in [2.45, 2.75) is 26.2 Å². The van der Waals surface area contributed by atoms with Gasteiger partial charge in [-0.2, -0.15) is 0 Å². The second-order valence-electron chi connectivity index (χ2n) is 4.66. The average molecular weight is 263 g/mol. The summed E-state index contributed by atoms with van der Waals surface area (Å²) in [7, 11) is 0. The van der Waals surface area contributed by atoms with E-state index in [0.717, 1.165) is 44.7 Å². The van der Waals surface area contributed by atoms with Gasteiger partial charge in [-0.05, 0) is 19.3 Å². The van der Waals surface area contributed by atoms with Gasteiger partial charge in [-0.15, -0.1) is 0 Å². The second-order valence-corrected chi connectivity index (χ2v) is 4.66. The quantitative estimate of drug-likeness (QED) is 0.810. The number of nitrogens with zero attached hydrogens (tertiary/aromatic N) is 3. The minimum atomic E-state index is 0.138. The van der Waals surface area contributed by atoms with Crippen molar-refractivity contribution in [2.24, 2.45) is 0 Å². The molecule has 1 saturated heterocycles. The molecule has 1 aromatic heterocycles. The van der Waals surface area contributed by atoms with Gasteiger partial charge in [0, 0.05) is 25.7 Å². The van der Waals surface area contributed by atoms with Crippen LogP contribution < -0.4 is 10.6 Å². The zero-order chi connectivity index (χ0) is 13.5. The molecule has 1 aromatic rings. The highest BCUT2D eigenvalue weighted by Gasteiger charge is 2.17. The van der Waals surface area contributed by atoms with Crippen LogP contribution in [-0.2, 0) is 4.79 Å². The molecule has 0 aromatic carbocycles. The van der Waals surface area contributed by atoms with Crippen LogP contribution in [0.25, 0.3) is 0 Å². The lowest BCUT2D eigenvalue weighted by atomic mass is 10.4. The highest BCUT2D eigenvalue weighted by molar-refractivity contribution is 5.80. The molecule has 2 heterocycles. The number of carbonyl (C=O) groups is 1. The lowest BCUT2D eigenvalue weighted by Gasteiger charge is -2.15. The molecule has 1 aliphatic heterocycles. The zero-order valence-electron chi connectivity index (χ0n) is 11.4. The third-order valence-electron chi connectivity index (χ3n) is 3.10. The van der Waals surface area contributed by atoms with Gasteiger partial charge in [0.25, 0.3) is 0 Å². The predicted molar refractivity (Wildman–Crippen MR) is 75.1 cm³/mol. The van der Waals surface area contributed by atoms with E-state index in [9.17, 15) is 4.79 Å². The molecule has 0 radical (unpaired) electrons. The highest BCUT2D eigenvalue weighted by Crippen LogP contribution is 2.10. The summed E-state index contributed by atoms with van der Waals surface area (Å²) < 4.78 is 0. The Labute approximate surface area is 113 Å². The first-order chi connectivity index (χ1) is 9.29. The lowest BCUT2D eigenvalue weighted by molar-refractivity contribution is -0.128. The standard InChI is InChI=1S/C13H21N5O/c1-2-5-14-11-8-12(17-10-16-11)15-9-13(19)18-6-3-4-7-18/h8,10H,2-7,9H2,1H3,(H2,14,15,16,17). The number of anilines is 2. The van der Waals surface area contributed by atoms with Gasteiger partial charge in [0.2, 0.25) is 5.91 Å². The largest absolute Gasteiger partial charge is 0.370 e. The van der Waals surface area contributed by atoms with Crippen LogP contribution in [0.2, 0.25) is 0 Å². The van der Waals surface area contributed by atoms with Crippen LogP contribution in [0.1, 0.15) is 26.2 Å². The van der Waals surface area contributed by atoms with E-state index in [2.05, 4.69) is 27.5 Å². The van der Waals surface area contributed by atoms with Crippen LogP contribution in [0.5, 0.6) is 0 Å². The average Bonchev–Trinajstić information content (AvgIpc) is 2.97. The molecule has 1 fully saturated rings. The summed E-state index contributed by atoms with van der Waals surface area (Å²) in [5.74, 6) is 1.60. The molecular formula is C13H21N5O. The molecule has 19 heavy (non-hydrogen) atoms. The lowest BCUT2D eigenvalue weighted by Crippen LogP contribution is -2.33. The maximum Gasteiger partial charge on any atom is 0.241 e. The summed E-state index contributed by atoms with van der Waals surface area (Å²) in [5, 5.41) is 6.25. The monoisotopic (exact) mass is 263 g/mol. The van der Waals surface area contributed by atoms with E-state index in [1.54, 1.807) is 0 Å². The summed E-state index contributed by atoms with van der Waals surface area (Å²) in [6.07, 6.45) is 4.77. The highest BCUT2D eigenvalue weighted by atomic mass is 16.2. The van der Waals surface area contributed by atoms with Crippen LogP contribution >= 0.6 is 0 Å². The third-order valence-corrected chi connectivity index (χ3v) is 3.10. The molecule has 0 saturated carbocycles. The summed E-state index contributed by atoms with van der Waals surface area (Å²) in [4.78, 5) is 22.0. The first-order valence-electron chi connectivity index (χ1n) is 6.87. The fraction of sp³-hybridized carbons (Fsp3) is 0.615. The second kappa shape index (κ2) is 6.92. The number of hydrogen-bond acceptors (Lipinski definition) is 5. The van der Waals surface area contributed by atoms with Crippen molar-refractivity contribution in [3.63, 3.8) is 0 Å². The molecule has 104 valence electrons. The Morgan fingerprint density at radius 3 is 2.63 bits per heavy atom. The summed E-state index contributed by atoms with van der Waals surface area (Å²) in [6.45, 7) is 5.04. The summed E-state index contributed by atoms with van der Waals surface area (Å²) in [5.41, 5.74) is 0.